The Morgan fingerprint density at radius 3 is 2.39 bits per heavy atom. The number of likely N-dealkylation sites (tertiary alicyclic amines) is 1. The van der Waals surface area contributed by atoms with E-state index in [4.69, 9.17) is 0 Å². The van der Waals surface area contributed by atoms with E-state index in [2.05, 4.69) is 11.0 Å². The van der Waals surface area contributed by atoms with Crippen LogP contribution in [-0.2, 0) is 9.54 Å². The molecule has 31 heavy (non-hydrogen) atoms. The quantitative estimate of drug-likeness (QED) is 0.580. The Hall–Kier alpha value is -1.89. The predicted molar refractivity (Wildman–Crippen MR) is 127 cm³/mol. The highest BCUT2D eigenvalue weighted by molar-refractivity contribution is 8.00. The number of carbonyl (C=O) groups is 2. The van der Waals surface area contributed by atoms with Crippen molar-refractivity contribution in [3.63, 3.8) is 0 Å². The third-order valence-corrected chi connectivity index (χ3v) is 7.71. The first kappa shape index (κ1) is 23.8. The molecule has 0 bridgehead atoms. The number of amides is 1. The lowest BCUT2D eigenvalue weighted by Crippen LogP contribution is -2.43. The zero-order valence-corrected chi connectivity index (χ0v) is 19.5. The lowest BCUT2D eigenvalue weighted by atomic mass is 9.89. The van der Waals surface area contributed by atoms with Crippen molar-refractivity contribution in [1.29, 1.82) is 0 Å². The maximum atomic E-state index is 13.1. The molecule has 0 radical (unpaired) electrons. The molecule has 4 nitrogen and oxygen atoms in total. The van der Waals surface area contributed by atoms with Gasteiger partial charge in [-0.2, -0.15) is 0 Å². The summed E-state index contributed by atoms with van der Waals surface area (Å²) in [4.78, 5) is 30.0. The zero-order chi connectivity index (χ0) is 21.3. The van der Waals surface area contributed by atoms with Crippen LogP contribution in [0.4, 0.5) is 10.1 Å². The lowest BCUT2D eigenvalue weighted by molar-refractivity contribution is -0.120. The number of hydrogen-bond donors (Lipinski definition) is 0. The molecule has 1 unspecified atom stereocenters. The summed E-state index contributed by atoms with van der Waals surface area (Å²) >= 11 is 1.59. The highest BCUT2D eigenvalue weighted by Gasteiger charge is 2.46. The van der Waals surface area contributed by atoms with E-state index in [1.165, 1.54) is 12.1 Å². The van der Waals surface area contributed by atoms with Crippen molar-refractivity contribution in [3.8, 4) is 0 Å². The van der Waals surface area contributed by atoms with Gasteiger partial charge in [0.1, 0.15) is 10.6 Å². The molecule has 4 rings (SSSR count). The minimum absolute atomic E-state index is 0. The fourth-order valence-electron chi connectivity index (χ4n) is 4.52. The smallest absolute Gasteiger partial charge is 0.247 e. The Morgan fingerprint density at radius 2 is 1.74 bits per heavy atom. The summed E-state index contributed by atoms with van der Waals surface area (Å²) in [5.41, 5.74) is 2.69. The zero-order valence-electron chi connectivity index (χ0n) is 17.8. The van der Waals surface area contributed by atoms with Gasteiger partial charge in [-0.3, -0.25) is 9.59 Å². The molecular formula is C24H28ClFN2O2S. The second-order valence-corrected chi connectivity index (χ2v) is 9.42. The summed E-state index contributed by atoms with van der Waals surface area (Å²) < 4.78 is 12.6. The SMILES string of the molecule is CSC1(C)C(=O)N(CCN2CCC(C(=O)c3ccc(F)cc3)CC2)c2ccccc21.Cl. The molecule has 1 amide bonds. The second kappa shape index (κ2) is 9.72. The first-order valence-corrected chi connectivity index (χ1v) is 11.7. The summed E-state index contributed by atoms with van der Waals surface area (Å²) in [7, 11) is 0. The lowest BCUT2D eigenvalue weighted by Gasteiger charge is -2.32. The average molecular weight is 463 g/mol. The van der Waals surface area contributed by atoms with Gasteiger partial charge in [-0.05, 0) is 69.4 Å². The number of piperidine rings is 1. The van der Waals surface area contributed by atoms with Crippen LogP contribution in [0.1, 0.15) is 35.7 Å². The molecule has 0 saturated carbocycles. The van der Waals surface area contributed by atoms with Crippen LogP contribution < -0.4 is 4.90 Å². The number of nitrogens with zero attached hydrogens (tertiary/aromatic N) is 2. The van der Waals surface area contributed by atoms with Crippen LogP contribution in [0, 0.1) is 11.7 Å². The van der Waals surface area contributed by atoms with Crippen molar-refractivity contribution in [2.45, 2.75) is 24.5 Å². The van der Waals surface area contributed by atoms with Crippen LogP contribution in [0.15, 0.2) is 48.5 Å². The Balaban J connectivity index is 0.00000272. The monoisotopic (exact) mass is 462 g/mol. The molecule has 2 aromatic rings. The summed E-state index contributed by atoms with van der Waals surface area (Å²) in [5.74, 6) is -0.0794. The van der Waals surface area contributed by atoms with Crippen LogP contribution in [0.2, 0.25) is 0 Å². The van der Waals surface area contributed by atoms with E-state index in [1.54, 1.807) is 23.9 Å². The number of carbonyl (C=O) groups excluding carboxylic acids is 2. The van der Waals surface area contributed by atoms with E-state index in [-0.39, 0.29) is 35.8 Å². The van der Waals surface area contributed by atoms with E-state index < -0.39 is 4.75 Å². The molecule has 1 saturated heterocycles. The van der Waals surface area contributed by atoms with Gasteiger partial charge in [0.2, 0.25) is 5.91 Å². The molecule has 0 N–H and O–H groups in total. The van der Waals surface area contributed by atoms with Crippen LogP contribution in [0.3, 0.4) is 0 Å². The van der Waals surface area contributed by atoms with E-state index >= 15 is 0 Å². The third kappa shape index (κ3) is 4.52. The molecule has 2 aliphatic heterocycles. The van der Waals surface area contributed by atoms with E-state index in [0.717, 1.165) is 43.7 Å². The molecule has 1 fully saturated rings. The number of benzene rings is 2. The minimum Gasteiger partial charge on any atom is -0.309 e. The topological polar surface area (TPSA) is 40.6 Å². The summed E-state index contributed by atoms with van der Waals surface area (Å²) in [6, 6.07) is 13.9. The Labute approximate surface area is 193 Å². The van der Waals surface area contributed by atoms with Crippen molar-refractivity contribution in [2.24, 2.45) is 5.92 Å². The van der Waals surface area contributed by atoms with Crippen LogP contribution in [-0.4, -0.2) is 49.0 Å². The molecule has 7 heteroatoms. The van der Waals surface area contributed by atoms with Crippen molar-refractivity contribution >= 4 is 41.5 Å². The normalized spacial score (nSPS) is 21.6. The fraction of sp³-hybridized carbons (Fsp3) is 0.417. The van der Waals surface area contributed by atoms with Gasteiger partial charge in [-0.1, -0.05) is 18.2 Å². The summed E-state index contributed by atoms with van der Waals surface area (Å²) in [5, 5.41) is 0. The molecule has 2 aliphatic rings. The van der Waals surface area contributed by atoms with Gasteiger partial charge in [0.25, 0.3) is 0 Å². The maximum absolute atomic E-state index is 13.1. The second-order valence-electron chi connectivity index (χ2n) is 8.20. The number of fused-ring (bicyclic) bond motifs is 1. The number of Topliss-reactive ketones (excluding diaryl/α,β-unsaturated/α-hetero) is 1. The third-order valence-electron chi connectivity index (χ3n) is 6.50. The number of hydrogen-bond acceptors (Lipinski definition) is 4. The van der Waals surface area contributed by atoms with Gasteiger partial charge < -0.3 is 9.80 Å². The first-order valence-electron chi connectivity index (χ1n) is 10.4. The molecule has 2 heterocycles. The largest absolute Gasteiger partial charge is 0.309 e. The molecule has 2 aromatic carbocycles. The van der Waals surface area contributed by atoms with E-state index in [0.29, 0.717) is 12.1 Å². The van der Waals surface area contributed by atoms with Gasteiger partial charge in [0.15, 0.2) is 5.78 Å². The highest BCUT2D eigenvalue weighted by atomic mass is 35.5. The highest BCUT2D eigenvalue weighted by Crippen LogP contribution is 2.47. The van der Waals surface area contributed by atoms with Gasteiger partial charge in [0.05, 0.1) is 0 Å². The first-order chi connectivity index (χ1) is 14.4. The van der Waals surface area contributed by atoms with Crippen LogP contribution in [0.25, 0.3) is 0 Å². The molecule has 0 aliphatic carbocycles. The number of ketones is 1. The molecule has 0 aromatic heterocycles. The van der Waals surface area contributed by atoms with Gasteiger partial charge in [0, 0.05) is 35.8 Å². The molecule has 166 valence electrons. The average Bonchev–Trinajstić information content (AvgIpc) is 3.00. The fourth-order valence-corrected chi connectivity index (χ4v) is 5.20. The number of halogens is 2. The van der Waals surface area contributed by atoms with Crippen LogP contribution in [0.5, 0.6) is 0 Å². The number of anilines is 1. The Bertz CT molecular complexity index is 947. The molecule has 1 atom stereocenters. The van der Waals surface area contributed by atoms with E-state index in [1.807, 2.05) is 36.3 Å². The number of para-hydroxylation sites is 1. The van der Waals surface area contributed by atoms with Gasteiger partial charge in [-0.25, -0.2) is 4.39 Å². The van der Waals surface area contributed by atoms with Gasteiger partial charge >= 0.3 is 0 Å². The minimum atomic E-state index is -0.523. The van der Waals surface area contributed by atoms with E-state index in [9.17, 15) is 14.0 Å². The number of thioether (sulfide) groups is 1. The Kier molecular flexibility index (Phi) is 7.45. The van der Waals surface area contributed by atoms with Crippen molar-refractivity contribution in [3.05, 3.63) is 65.5 Å². The predicted octanol–water partition coefficient (Wildman–Crippen LogP) is 4.77. The number of rotatable bonds is 6. The molecule has 0 spiro atoms. The Morgan fingerprint density at radius 1 is 1.10 bits per heavy atom. The van der Waals surface area contributed by atoms with Gasteiger partial charge in [-0.15, -0.1) is 24.2 Å². The van der Waals surface area contributed by atoms with Crippen molar-refractivity contribution in [2.75, 3.05) is 37.3 Å². The summed E-state index contributed by atoms with van der Waals surface area (Å²) in [6.45, 7) is 5.12. The summed E-state index contributed by atoms with van der Waals surface area (Å²) in [6.07, 6.45) is 3.58. The molecular weight excluding hydrogens is 435 g/mol. The standard InChI is InChI=1S/C24H27FN2O2S.ClH/c1-24(30-2)20-5-3-4-6-21(20)27(23(24)29)16-15-26-13-11-18(12-14-26)22(28)17-7-9-19(25)10-8-17;/h3-10,18H,11-16H2,1-2H3;1H. The van der Waals surface area contributed by atoms with Crippen molar-refractivity contribution in [1.82, 2.24) is 4.90 Å². The van der Waals surface area contributed by atoms with Crippen molar-refractivity contribution < 1.29 is 14.0 Å². The maximum Gasteiger partial charge on any atom is 0.247 e. The van der Waals surface area contributed by atoms with Crippen LogP contribution >= 0.6 is 24.2 Å².